The van der Waals surface area contributed by atoms with Gasteiger partial charge in [0.1, 0.15) is 17.4 Å². The van der Waals surface area contributed by atoms with Crippen LogP contribution < -0.4 is 19.9 Å². The van der Waals surface area contributed by atoms with E-state index in [9.17, 15) is 29.3 Å². The molecule has 2 aromatic rings. The Morgan fingerprint density at radius 3 is 2.32 bits per heavy atom. The Morgan fingerprint density at radius 1 is 0.946 bits per heavy atom. The van der Waals surface area contributed by atoms with Crippen LogP contribution in [-0.2, 0) is 23.9 Å². The zero-order chi connectivity index (χ0) is 27.4. The minimum absolute atomic E-state index is 0.0209. The number of hydrogen-bond acceptors (Lipinski definition) is 13. The van der Waals surface area contributed by atoms with E-state index < -0.39 is 41.8 Å². The van der Waals surface area contributed by atoms with Gasteiger partial charge in [-0.05, 0) is 37.3 Å². The van der Waals surface area contributed by atoms with E-state index in [0.29, 0.717) is 0 Å². The molecule has 198 valence electrons. The van der Waals surface area contributed by atoms with Gasteiger partial charge in [0.05, 0.1) is 18.8 Å². The molecule has 0 bridgehead atoms. The van der Waals surface area contributed by atoms with Gasteiger partial charge in [0.15, 0.2) is 11.5 Å². The number of rotatable bonds is 13. The maximum Gasteiger partial charge on any atom is 0.344 e. The lowest BCUT2D eigenvalue weighted by atomic mass is 10.2. The van der Waals surface area contributed by atoms with Gasteiger partial charge >= 0.3 is 23.9 Å². The molecule has 0 aliphatic rings. The number of benzene rings is 2. The lowest BCUT2D eigenvalue weighted by Gasteiger charge is -2.14. The topological polar surface area (TPSA) is 193 Å². The minimum Gasteiger partial charge on any atom is -0.490 e. The van der Waals surface area contributed by atoms with E-state index in [4.69, 9.17) is 29.4 Å². The van der Waals surface area contributed by atoms with Crippen LogP contribution in [-0.4, -0.2) is 55.0 Å². The molecular weight excluding hydrogens is 496 g/mol. The van der Waals surface area contributed by atoms with Gasteiger partial charge in [-0.25, -0.2) is 14.4 Å². The van der Waals surface area contributed by atoms with Gasteiger partial charge in [0.2, 0.25) is 6.79 Å². The van der Waals surface area contributed by atoms with Crippen molar-refractivity contribution in [2.24, 2.45) is 5.73 Å². The average Bonchev–Trinajstić information content (AvgIpc) is 2.84. The summed E-state index contributed by atoms with van der Waals surface area (Å²) in [7, 11) is 0. The van der Waals surface area contributed by atoms with Crippen LogP contribution in [0.5, 0.6) is 17.2 Å². The molecule has 1 atom stereocenters. The van der Waals surface area contributed by atoms with Crippen molar-refractivity contribution in [3.8, 4) is 17.2 Å². The maximum absolute atomic E-state index is 12.5. The highest BCUT2D eigenvalue weighted by Gasteiger charge is 2.19. The van der Waals surface area contributed by atoms with Crippen molar-refractivity contribution in [1.82, 2.24) is 0 Å². The first-order valence-electron chi connectivity index (χ1n) is 10.7. The Labute approximate surface area is 210 Å². The Bertz CT molecular complexity index is 1150. The van der Waals surface area contributed by atoms with Gasteiger partial charge in [-0.15, -0.1) is 10.1 Å². The third-order valence-corrected chi connectivity index (χ3v) is 4.25. The summed E-state index contributed by atoms with van der Waals surface area (Å²) in [6, 6.07) is 8.63. The first-order chi connectivity index (χ1) is 17.6. The standard InChI is InChI=1S/C23H24N2O12/c1-14(24)21(27)37-20-12-16(8-9-19(20)32-10-5-11-35-25(30)31)22(28)33-13-34-23(29)17-6-3-4-7-18(17)36-15(2)26/h3-4,6-9,12,14H,5,10-11,13,24H2,1-2H3/t14-/m0/s1. The molecule has 2 rings (SSSR count). The molecule has 0 unspecified atom stereocenters. The number of nitrogens with zero attached hydrogens (tertiary/aromatic N) is 1. The Kier molecular flexibility index (Phi) is 10.8. The molecule has 0 saturated carbocycles. The number of hydrogen-bond donors (Lipinski definition) is 1. The largest absolute Gasteiger partial charge is 0.490 e. The lowest BCUT2D eigenvalue weighted by Crippen LogP contribution is -2.31. The van der Waals surface area contributed by atoms with E-state index in [0.717, 1.165) is 6.07 Å². The highest BCUT2D eigenvalue weighted by Crippen LogP contribution is 2.29. The molecule has 0 aromatic heterocycles. The molecule has 2 aromatic carbocycles. The summed E-state index contributed by atoms with van der Waals surface area (Å²) >= 11 is 0. The van der Waals surface area contributed by atoms with Crippen molar-refractivity contribution in [2.45, 2.75) is 26.3 Å². The molecule has 0 saturated heterocycles. The highest BCUT2D eigenvalue weighted by molar-refractivity contribution is 5.94. The van der Waals surface area contributed by atoms with Gasteiger partial charge in [0, 0.05) is 13.3 Å². The van der Waals surface area contributed by atoms with E-state index >= 15 is 0 Å². The number of para-hydroxylation sites is 1. The minimum atomic E-state index is -0.980. The molecule has 14 nitrogen and oxygen atoms in total. The van der Waals surface area contributed by atoms with Crippen LogP contribution >= 0.6 is 0 Å². The van der Waals surface area contributed by atoms with Crippen LogP contribution in [0.3, 0.4) is 0 Å². The zero-order valence-electron chi connectivity index (χ0n) is 19.9. The third-order valence-electron chi connectivity index (χ3n) is 4.25. The van der Waals surface area contributed by atoms with Crippen molar-refractivity contribution in [3.63, 3.8) is 0 Å². The molecule has 0 heterocycles. The second kappa shape index (κ2) is 14.0. The van der Waals surface area contributed by atoms with E-state index in [2.05, 4.69) is 4.84 Å². The SMILES string of the molecule is CC(=O)Oc1ccccc1C(=O)OCOC(=O)c1ccc(OCCCO[N+](=O)[O-])c(OC(=O)[C@H](C)N)c1. The fraction of sp³-hybridized carbons (Fsp3) is 0.304. The van der Waals surface area contributed by atoms with Gasteiger partial charge in [-0.2, -0.15) is 0 Å². The molecule has 0 radical (unpaired) electrons. The summed E-state index contributed by atoms with van der Waals surface area (Å²) in [5.74, 6) is -3.39. The number of nitrogens with two attached hydrogens (primary N) is 1. The second-order valence-electron chi connectivity index (χ2n) is 7.20. The summed E-state index contributed by atoms with van der Waals surface area (Å²) in [4.78, 5) is 62.3. The molecule has 0 aliphatic heterocycles. The van der Waals surface area contributed by atoms with Crippen LogP contribution in [0.25, 0.3) is 0 Å². The second-order valence-corrected chi connectivity index (χ2v) is 7.20. The first kappa shape index (κ1) is 28.5. The summed E-state index contributed by atoms with van der Waals surface area (Å²) in [6.07, 6.45) is 0.150. The van der Waals surface area contributed by atoms with Crippen molar-refractivity contribution in [2.75, 3.05) is 20.0 Å². The fourth-order valence-corrected chi connectivity index (χ4v) is 2.59. The monoisotopic (exact) mass is 520 g/mol. The van der Waals surface area contributed by atoms with Crippen LogP contribution in [0, 0.1) is 10.1 Å². The van der Waals surface area contributed by atoms with E-state index in [1.54, 1.807) is 6.07 Å². The predicted octanol–water partition coefficient (Wildman–Crippen LogP) is 1.81. The lowest BCUT2D eigenvalue weighted by molar-refractivity contribution is -0.757. The highest BCUT2D eigenvalue weighted by atomic mass is 16.9. The van der Waals surface area contributed by atoms with Crippen molar-refractivity contribution >= 4 is 23.9 Å². The molecule has 14 heteroatoms. The number of carbonyl (C=O) groups is 4. The number of esters is 4. The smallest absolute Gasteiger partial charge is 0.344 e. The predicted molar refractivity (Wildman–Crippen MR) is 122 cm³/mol. The van der Waals surface area contributed by atoms with Crippen LogP contribution in [0.2, 0.25) is 0 Å². The molecule has 0 aliphatic carbocycles. The summed E-state index contributed by atoms with van der Waals surface area (Å²) in [5, 5.41) is 9.26. The normalized spacial score (nSPS) is 11.0. The molecule has 0 fully saturated rings. The Hall–Kier alpha value is -4.72. The van der Waals surface area contributed by atoms with Gasteiger partial charge in [-0.3, -0.25) is 4.79 Å². The van der Waals surface area contributed by atoms with Crippen LogP contribution in [0.4, 0.5) is 0 Å². The van der Waals surface area contributed by atoms with E-state index in [1.165, 1.54) is 44.2 Å². The fourth-order valence-electron chi connectivity index (χ4n) is 2.59. The Morgan fingerprint density at radius 2 is 1.65 bits per heavy atom. The quantitative estimate of drug-likeness (QED) is 0.100. The molecule has 0 amide bonds. The number of ether oxygens (including phenoxy) is 5. The first-order valence-corrected chi connectivity index (χ1v) is 10.7. The molecule has 2 N–H and O–H groups in total. The van der Waals surface area contributed by atoms with E-state index in [1.807, 2.05) is 0 Å². The number of carbonyl (C=O) groups excluding carboxylic acids is 4. The van der Waals surface area contributed by atoms with E-state index in [-0.39, 0.29) is 48.0 Å². The van der Waals surface area contributed by atoms with Crippen molar-refractivity contribution in [3.05, 3.63) is 63.7 Å². The summed E-state index contributed by atoms with van der Waals surface area (Å²) in [6.45, 7) is 1.56. The maximum atomic E-state index is 12.5. The molecule has 0 spiro atoms. The zero-order valence-corrected chi connectivity index (χ0v) is 19.9. The molecule has 37 heavy (non-hydrogen) atoms. The van der Waals surface area contributed by atoms with Crippen LogP contribution in [0.15, 0.2) is 42.5 Å². The summed E-state index contributed by atoms with van der Waals surface area (Å²) < 4.78 is 25.4. The average molecular weight is 520 g/mol. The summed E-state index contributed by atoms with van der Waals surface area (Å²) in [5.41, 5.74) is 5.39. The third kappa shape index (κ3) is 9.45. The van der Waals surface area contributed by atoms with Gasteiger partial charge in [-0.1, -0.05) is 12.1 Å². The van der Waals surface area contributed by atoms with Crippen molar-refractivity contribution in [1.29, 1.82) is 0 Å². The van der Waals surface area contributed by atoms with Gasteiger partial charge < -0.3 is 34.3 Å². The van der Waals surface area contributed by atoms with Crippen LogP contribution in [0.1, 0.15) is 41.0 Å². The Balaban J connectivity index is 2.03. The van der Waals surface area contributed by atoms with Gasteiger partial charge in [0.25, 0.3) is 5.09 Å². The molecular formula is C23H24N2O12. The van der Waals surface area contributed by atoms with Crippen molar-refractivity contribution < 1.29 is 52.8 Å².